The Morgan fingerprint density at radius 1 is 1.58 bits per heavy atom. The molecule has 0 aliphatic carbocycles. The zero-order valence-corrected chi connectivity index (χ0v) is 12.2. The molecule has 0 aliphatic heterocycles. The maximum absolute atomic E-state index is 13.3. The van der Waals surface area contributed by atoms with E-state index >= 15 is 0 Å². The number of hydrogen-bond acceptors (Lipinski definition) is 5. The predicted molar refractivity (Wildman–Crippen MR) is 74.9 cm³/mol. The second kappa shape index (κ2) is 5.62. The number of nitro groups is 1. The molecule has 1 N–H and O–H groups in total. The molecule has 0 bridgehead atoms. The first kappa shape index (κ1) is 13.9. The minimum Gasteiger partial charge on any atom is -0.374 e. The lowest BCUT2D eigenvalue weighted by molar-refractivity contribution is -0.384. The highest BCUT2D eigenvalue weighted by Gasteiger charge is 2.17. The van der Waals surface area contributed by atoms with Crippen LogP contribution in [0.15, 0.2) is 22.1 Å². The van der Waals surface area contributed by atoms with Crippen molar-refractivity contribution in [2.24, 2.45) is 0 Å². The second-order valence-electron chi connectivity index (χ2n) is 3.76. The van der Waals surface area contributed by atoms with Gasteiger partial charge in [0.2, 0.25) is 0 Å². The Bertz CT molecular complexity index is 632. The van der Waals surface area contributed by atoms with Gasteiger partial charge in [0.05, 0.1) is 33.2 Å². The zero-order chi connectivity index (χ0) is 14.0. The molecule has 0 radical (unpaired) electrons. The van der Waals surface area contributed by atoms with Crippen molar-refractivity contribution in [2.45, 2.75) is 13.5 Å². The number of aromatic nitrogens is 1. The van der Waals surface area contributed by atoms with Crippen LogP contribution in [-0.4, -0.2) is 9.91 Å². The molecule has 0 fully saturated rings. The lowest BCUT2D eigenvalue weighted by Crippen LogP contribution is -2.03. The summed E-state index contributed by atoms with van der Waals surface area (Å²) in [6.07, 6.45) is 0. The van der Waals surface area contributed by atoms with Crippen LogP contribution in [0.4, 0.5) is 15.8 Å². The van der Waals surface area contributed by atoms with Crippen LogP contribution in [0.3, 0.4) is 0 Å². The Balaban J connectivity index is 2.26. The van der Waals surface area contributed by atoms with Gasteiger partial charge in [0.25, 0.3) is 5.69 Å². The maximum Gasteiger partial charge on any atom is 0.295 e. The second-order valence-corrected chi connectivity index (χ2v) is 5.55. The molecule has 8 heteroatoms. The molecule has 1 heterocycles. The molecule has 5 nitrogen and oxygen atoms in total. The van der Waals surface area contributed by atoms with Crippen molar-refractivity contribution in [2.75, 3.05) is 5.32 Å². The molecule has 100 valence electrons. The van der Waals surface area contributed by atoms with Gasteiger partial charge in [-0.15, -0.1) is 11.3 Å². The van der Waals surface area contributed by atoms with Crippen molar-refractivity contribution in [1.29, 1.82) is 0 Å². The van der Waals surface area contributed by atoms with E-state index in [9.17, 15) is 14.5 Å². The van der Waals surface area contributed by atoms with Crippen LogP contribution < -0.4 is 5.32 Å². The van der Waals surface area contributed by atoms with Crippen LogP contribution in [0.25, 0.3) is 0 Å². The van der Waals surface area contributed by atoms with Crippen LogP contribution in [0.2, 0.25) is 0 Å². The first-order valence-electron chi connectivity index (χ1n) is 5.25. The van der Waals surface area contributed by atoms with E-state index in [4.69, 9.17) is 0 Å². The van der Waals surface area contributed by atoms with E-state index in [0.717, 1.165) is 16.6 Å². The number of benzene rings is 1. The number of hydrogen-bond donors (Lipinski definition) is 1. The van der Waals surface area contributed by atoms with Crippen LogP contribution in [0.1, 0.15) is 10.6 Å². The van der Waals surface area contributed by atoms with Gasteiger partial charge in [-0.05, 0) is 28.9 Å². The lowest BCUT2D eigenvalue weighted by atomic mass is 10.2. The van der Waals surface area contributed by atoms with Gasteiger partial charge in [-0.25, -0.2) is 9.37 Å². The number of thiazole rings is 1. The van der Waals surface area contributed by atoms with Gasteiger partial charge in [-0.2, -0.15) is 0 Å². The summed E-state index contributed by atoms with van der Waals surface area (Å²) in [4.78, 5) is 15.3. The van der Waals surface area contributed by atoms with Crippen LogP contribution in [0.5, 0.6) is 0 Å². The number of nitrogens with zero attached hydrogens (tertiary/aromatic N) is 2. The van der Waals surface area contributed by atoms with Crippen LogP contribution in [0, 0.1) is 22.9 Å². The molecule has 0 amide bonds. The van der Waals surface area contributed by atoms with Crippen LogP contribution >= 0.6 is 27.3 Å². The van der Waals surface area contributed by atoms with Crippen molar-refractivity contribution in [3.05, 3.63) is 48.6 Å². The highest BCUT2D eigenvalue weighted by atomic mass is 79.9. The highest BCUT2D eigenvalue weighted by Crippen LogP contribution is 2.31. The molecule has 2 rings (SSSR count). The molecule has 0 saturated heterocycles. The van der Waals surface area contributed by atoms with Gasteiger partial charge in [0.15, 0.2) is 0 Å². The molecule has 0 saturated carbocycles. The van der Waals surface area contributed by atoms with Gasteiger partial charge in [0, 0.05) is 4.88 Å². The normalized spacial score (nSPS) is 10.5. The predicted octanol–water partition coefficient (Wildman–Crippen LogP) is 3.87. The minimum atomic E-state index is -0.661. The van der Waals surface area contributed by atoms with Gasteiger partial charge in [0.1, 0.15) is 11.5 Å². The molecule has 1 aromatic heterocycles. The van der Waals surface area contributed by atoms with E-state index in [-0.39, 0.29) is 15.8 Å². The Morgan fingerprint density at radius 2 is 2.32 bits per heavy atom. The monoisotopic (exact) mass is 345 g/mol. The Hall–Kier alpha value is -1.54. The van der Waals surface area contributed by atoms with Gasteiger partial charge < -0.3 is 5.32 Å². The van der Waals surface area contributed by atoms with E-state index in [1.165, 1.54) is 17.4 Å². The summed E-state index contributed by atoms with van der Waals surface area (Å²) >= 11 is 4.48. The maximum atomic E-state index is 13.3. The zero-order valence-electron chi connectivity index (χ0n) is 9.81. The van der Waals surface area contributed by atoms with E-state index in [1.54, 1.807) is 5.51 Å². The third-order valence-corrected chi connectivity index (χ3v) is 4.06. The number of rotatable bonds is 4. The van der Waals surface area contributed by atoms with Crippen molar-refractivity contribution in [1.82, 2.24) is 4.98 Å². The summed E-state index contributed by atoms with van der Waals surface area (Å²) in [5.74, 6) is -0.661. The van der Waals surface area contributed by atoms with Crippen molar-refractivity contribution in [3.8, 4) is 0 Å². The third-order valence-electron chi connectivity index (χ3n) is 2.52. The molecule has 0 atom stereocenters. The number of nitro benzene ring substituents is 1. The summed E-state index contributed by atoms with van der Waals surface area (Å²) in [6, 6.07) is 2.26. The molecule has 2 aromatic rings. The van der Waals surface area contributed by atoms with Crippen molar-refractivity contribution < 1.29 is 9.31 Å². The van der Waals surface area contributed by atoms with E-state index in [2.05, 4.69) is 26.2 Å². The van der Waals surface area contributed by atoms with Gasteiger partial charge in [-0.3, -0.25) is 10.1 Å². The fourth-order valence-corrected chi connectivity index (χ4v) is 2.56. The first-order chi connectivity index (χ1) is 8.99. The smallest absolute Gasteiger partial charge is 0.295 e. The summed E-state index contributed by atoms with van der Waals surface area (Å²) in [5, 5.41) is 13.8. The summed E-state index contributed by atoms with van der Waals surface area (Å²) in [5.41, 5.74) is 2.57. The summed E-state index contributed by atoms with van der Waals surface area (Å²) in [7, 11) is 0. The Morgan fingerprint density at radius 3 is 2.89 bits per heavy atom. The number of anilines is 1. The fraction of sp³-hybridized carbons (Fsp3) is 0.182. The largest absolute Gasteiger partial charge is 0.374 e. The highest BCUT2D eigenvalue weighted by molar-refractivity contribution is 9.10. The molecular weight excluding hydrogens is 337 g/mol. The van der Waals surface area contributed by atoms with Crippen LogP contribution in [-0.2, 0) is 6.54 Å². The Labute approximate surface area is 120 Å². The number of halogens is 2. The van der Waals surface area contributed by atoms with Gasteiger partial charge in [-0.1, -0.05) is 0 Å². The minimum absolute atomic E-state index is 0.182. The molecule has 1 aromatic carbocycles. The SMILES string of the molecule is Cc1ncsc1CNc1cc(Br)c(F)cc1[N+](=O)[O-]. The molecule has 0 aliphatic rings. The molecule has 0 spiro atoms. The average molecular weight is 346 g/mol. The average Bonchev–Trinajstić information content (AvgIpc) is 2.75. The lowest BCUT2D eigenvalue weighted by Gasteiger charge is -2.07. The third kappa shape index (κ3) is 3.07. The Kier molecular flexibility index (Phi) is 4.11. The van der Waals surface area contributed by atoms with Crippen molar-refractivity contribution >= 4 is 38.6 Å². The van der Waals surface area contributed by atoms with E-state index < -0.39 is 10.7 Å². The quantitative estimate of drug-likeness (QED) is 0.674. The molecule has 0 unspecified atom stereocenters. The topological polar surface area (TPSA) is 68.1 Å². The van der Waals surface area contributed by atoms with E-state index in [1.807, 2.05) is 6.92 Å². The molecule has 19 heavy (non-hydrogen) atoms. The molecular formula is C11H9BrFN3O2S. The number of nitrogens with one attached hydrogen (secondary N) is 1. The van der Waals surface area contributed by atoms with Crippen molar-refractivity contribution in [3.63, 3.8) is 0 Å². The first-order valence-corrected chi connectivity index (χ1v) is 6.92. The fourth-order valence-electron chi connectivity index (χ4n) is 1.50. The van der Waals surface area contributed by atoms with Gasteiger partial charge >= 0.3 is 0 Å². The van der Waals surface area contributed by atoms with E-state index in [0.29, 0.717) is 6.54 Å². The summed E-state index contributed by atoms with van der Waals surface area (Å²) < 4.78 is 13.5. The standard InChI is InChI=1S/C11H9BrFN3O2S/c1-6-11(19-5-15-6)4-14-9-2-7(12)8(13)3-10(9)16(17)18/h2-3,5,14H,4H2,1H3. The summed E-state index contributed by atoms with van der Waals surface area (Å²) in [6.45, 7) is 2.28. The number of aryl methyl sites for hydroxylation is 1.